The van der Waals surface area contributed by atoms with Gasteiger partial charge < -0.3 is 10.4 Å². The van der Waals surface area contributed by atoms with Crippen molar-refractivity contribution >= 4 is 11.6 Å². The van der Waals surface area contributed by atoms with Crippen molar-refractivity contribution < 1.29 is 9.90 Å². The third-order valence-electron chi connectivity index (χ3n) is 3.66. The summed E-state index contributed by atoms with van der Waals surface area (Å²) in [6.07, 6.45) is 0. The van der Waals surface area contributed by atoms with E-state index in [1.807, 2.05) is 30.3 Å². The summed E-state index contributed by atoms with van der Waals surface area (Å²) in [5.41, 5.74) is 2.99. The average molecular weight is 335 g/mol. The molecule has 2 rings (SSSR count). The van der Waals surface area contributed by atoms with Gasteiger partial charge in [0.25, 0.3) is 5.91 Å². The van der Waals surface area contributed by atoms with Gasteiger partial charge in [0.2, 0.25) is 0 Å². The summed E-state index contributed by atoms with van der Waals surface area (Å²) >= 11 is 0. The molecule has 1 aromatic carbocycles. The number of aliphatic hydroxyl groups is 1. The molecule has 0 aliphatic heterocycles. The van der Waals surface area contributed by atoms with Gasteiger partial charge in [0.05, 0.1) is 5.69 Å². The van der Waals surface area contributed by atoms with E-state index in [0.717, 1.165) is 17.0 Å². The van der Waals surface area contributed by atoms with Crippen molar-refractivity contribution in [1.82, 2.24) is 4.98 Å². The number of amides is 1. The lowest BCUT2D eigenvalue weighted by atomic mass is 9.91. The molecule has 5 heteroatoms. The number of benzene rings is 1. The molecule has 5 nitrogen and oxygen atoms in total. The summed E-state index contributed by atoms with van der Waals surface area (Å²) in [5, 5.41) is 20.8. The maximum atomic E-state index is 11.9. The molecule has 0 spiro atoms. The van der Waals surface area contributed by atoms with Gasteiger partial charge in [0.15, 0.2) is 5.57 Å². The van der Waals surface area contributed by atoms with Gasteiger partial charge in [-0.25, -0.2) is 0 Å². The lowest BCUT2D eigenvalue weighted by Gasteiger charge is -2.18. The topological polar surface area (TPSA) is 86.0 Å². The molecule has 0 bridgehead atoms. The first-order valence-corrected chi connectivity index (χ1v) is 7.91. The first-order chi connectivity index (χ1) is 11.7. The zero-order valence-electron chi connectivity index (χ0n) is 14.8. The van der Waals surface area contributed by atoms with Crippen LogP contribution in [-0.4, -0.2) is 16.0 Å². The van der Waals surface area contributed by atoms with Crippen LogP contribution in [0.5, 0.6) is 0 Å². The fraction of sp³-hybridized carbons (Fsp3) is 0.250. The van der Waals surface area contributed by atoms with Gasteiger partial charge >= 0.3 is 0 Å². The molecule has 1 heterocycles. The second kappa shape index (κ2) is 7.18. The summed E-state index contributed by atoms with van der Waals surface area (Å²) in [7, 11) is 0. The maximum Gasteiger partial charge on any atom is 0.269 e. The molecule has 2 aromatic rings. The monoisotopic (exact) mass is 335 g/mol. The predicted molar refractivity (Wildman–Crippen MR) is 97.9 cm³/mol. The first kappa shape index (κ1) is 18.2. The Morgan fingerprint density at radius 1 is 1.16 bits per heavy atom. The molecule has 1 amide bonds. The van der Waals surface area contributed by atoms with Crippen LogP contribution in [-0.2, 0) is 10.2 Å². The Bertz CT molecular complexity index is 850. The number of nitrogens with one attached hydrogen (secondary N) is 1. The van der Waals surface area contributed by atoms with Crippen LogP contribution in [0.25, 0.3) is 11.3 Å². The Morgan fingerprint density at radius 2 is 1.80 bits per heavy atom. The van der Waals surface area contributed by atoms with E-state index in [4.69, 9.17) is 10.2 Å². The Balaban J connectivity index is 2.23. The second-order valence-corrected chi connectivity index (χ2v) is 6.76. The molecule has 0 fully saturated rings. The highest BCUT2D eigenvalue weighted by molar-refractivity contribution is 6.06. The average Bonchev–Trinajstić information content (AvgIpc) is 2.55. The quantitative estimate of drug-likeness (QED) is 0.496. The van der Waals surface area contributed by atoms with Crippen LogP contribution in [0.15, 0.2) is 53.8 Å². The van der Waals surface area contributed by atoms with E-state index >= 15 is 0 Å². The van der Waals surface area contributed by atoms with E-state index in [1.165, 1.54) is 6.92 Å². The van der Waals surface area contributed by atoms with Crippen molar-refractivity contribution in [3.05, 3.63) is 59.5 Å². The molecule has 0 unspecified atom stereocenters. The van der Waals surface area contributed by atoms with Crippen LogP contribution >= 0.6 is 0 Å². The Labute approximate surface area is 147 Å². The normalized spacial score (nSPS) is 12.1. The van der Waals surface area contributed by atoms with Crippen molar-refractivity contribution in [2.75, 3.05) is 5.32 Å². The molecular weight excluding hydrogens is 314 g/mol. The fourth-order valence-electron chi connectivity index (χ4n) is 2.23. The largest absolute Gasteiger partial charge is 0.511 e. The lowest BCUT2D eigenvalue weighted by molar-refractivity contribution is -0.112. The highest BCUT2D eigenvalue weighted by atomic mass is 16.3. The van der Waals surface area contributed by atoms with E-state index < -0.39 is 5.91 Å². The van der Waals surface area contributed by atoms with Gasteiger partial charge in [-0.15, -0.1) is 0 Å². The molecule has 0 aliphatic rings. The molecule has 25 heavy (non-hydrogen) atoms. The van der Waals surface area contributed by atoms with Crippen molar-refractivity contribution in [3.8, 4) is 17.3 Å². The van der Waals surface area contributed by atoms with E-state index in [2.05, 4.69) is 26.1 Å². The molecule has 0 aliphatic carbocycles. The minimum Gasteiger partial charge on any atom is -0.511 e. The zero-order valence-corrected chi connectivity index (χ0v) is 14.8. The van der Waals surface area contributed by atoms with Crippen molar-refractivity contribution in [3.63, 3.8) is 0 Å². The summed E-state index contributed by atoms with van der Waals surface area (Å²) < 4.78 is 0. The first-order valence-electron chi connectivity index (χ1n) is 7.91. The van der Waals surface area contributed by atoms with Gasteiger partial charge in [-0.2, -0.15) is 5.26 Å². The molecule has 0 atom stereocenters. The lowest BCUT2D eigenvalue weighted by Crippen LogP contribution is -2.15. The van der Waals surface area contributed by atoms with Crippen LogP contribution in [0.3, 0.4) is 0 Å². The number of rotatable bonds is 3. The SMILES string of the molecule is C/C(O)=C(\C#N)C(=O)Nc1ccc(-c2cccc(C(C)(C)C)n2)cc1. The number of pyridine rings is 1. The smallest absolute Gasteiger partial charge is 0.269 e. The number of carbonyl (C=O) groups is 1. The summed E-state index contributed by atoms with van der Waals surface area (Å²) in [6, 6.07) is 14.8. The van der Waals surface area contributed by atoms with Crippen molar-refractivity contribution in [2.24, 2.45) is 0 Å². The Kier molecular flexibility index (Phi) is 5.23. The van der Waals surface area contributed by atoms with Crippen molar-refractivity contribution in [1.29, 1.82) is 5.26 Å². The van der Waals surface area contributed by atoms with Crippen LogP contribution < -0.4 is 5.32 Å². The van der Waals surface area contributed by atoms with E-state index in [0.29, 0.717) is 5.69 Å². The van der Waals surface area contributed by atoms with Gasteiger partial charge in [0.1, 0.15) is 11.8 Å². The molecule has 1 aromatic heterocycles. The second-order valence-electron chi connectivity index (χ2n) is 6.76. The van der Waals surface area contributed by atoms with Gasteiger partial charge in [-0.05, 0) is 31.2 Å². The number of aliphatic hydroxyl groups excluding tert-OH is 1. The number of allylic oxidation sites excluding steroid dienone is 1. The fourth-order valence-corrected chi connectivity index (χ4v) is 2.23. The molecular formula is C20H21N3O2. The number of anilines is 1. The van der Waals surface area contributed by atoms with E-state index in [9.17, 15) is 9.90 Å². The number of nitrogens with zero attached hydrogens (tertiary/aromatic N) is 2. The molecule has 128 valence electrons. The summed E-state index contributed by atoms with van der Waals surface area (Å²) in [6.45, 7) is 7.64. The van der Waals surface area contributed by atoms with Gasteiger partial charge in [0, 0.05) is 22.4 Å². The highest BCUT2D eigenvalue weighted by Crippen LogP contribution is 2.25. The van der Waals surface area contributed by atoms with E-state index in [-0.39, 0.29) is 16.7 Å². The van der Waals surface area contributed by atoms with E-state index in [1.54, 1.807) is 18.2 Å². The Hall–Kier alpha value is -3.13. The third kappa shape index (κ3) is 4.45. The van der Waals surface area contributed by atoms with Crippen LogP contribution in [0.4, 0.5) is 5.69 Å². The number of nitriles is 1. The molecule has 0 saturated heterocycles. The van der Waals surface area contributed by atoms with Crippen LogP contribution in [0.2, 0.25) is 0 Å². The van der Waals surface area contributed by atoms with Gasteiger partial charge in [-0.1, -0.05) is 39.0 Å². The zero-order chi connectivity index (χ0) is 18.6. The summed E-state index contributed by atoms with van der Waals surface area (Å²) in [5.74, 6) is -0.942. The third-order valence-corrected chi connectivity index (χ3v) is 3.66. The molecule has 2 N–H and O–H groups in total. The predicted octanol–water partition coefficient (Wildman–Crippen LogP) is 4.34. The highest BCUT2D eigenvalue weighted by Gasteiger charge is 2.16. The standard InChI is InChI=1S/C20H21N3O2/c1-13(24)16(12-21)19(25)22-15-10-8-14(9-11-15)17-6-5-7-18(23-17)20(2,3)4/h5-11,24H,1-4H3,(H,22,25)/b16-13-. The number of aromatic nitrogens is 1. The molecule has 0 radical (unpaired) electrons. The van der Waals surface area contributed by atoms with Crippen LogP contribution in [0.1, 0.15) is 33.4 Å². The number of hydrogen-bond acceptors (Lipinski definition) is 4. The number of hydrogen-bond donors (Lipinski definition) is 2. The number of carbonyl (C=O) groups excluding carboxylic acids is 1. The van der Waals surface area contributed by atoms with Gasteiger partial charge in [-0.3, -0.25) is 9.78 Å². The minimum atomic E-state index is -0.636. The maximum absolute atomic E-state index is 11.9. The summed E-state index contributed by atoms with van der Waals surface area (Å²) in [4.78, 5) is 16.6. The minimum absolute atomic E-state index is 0.0356. The van der Waals surface area contributed by atoms with Crippen LogP contribution in [0, 0.1) is 11.3 Å². The van der Waals surface area contributed by atoms with Crippen molar-refractivity contribution in [2.45, 2.75) is 33.1 Å². The Morgan fingerprint density at radius 3 is 2.32 bits per heavy atom. The molecule has 0 saturated carbocycles.